The molecule has 1 N–H and O–H groups in total. The fraction of sp³-hybridized carbons (Fsp3) is 1.00. The second kappa shape index (κ2) is 8.26. The standard InChI is InChI=1S/C17H36N2/c1-15(2)11-19(12-16(3)4)14-17(13-18-5)9-7-6-8-10-17/h15-16,18H,6-14H2,1-5H3. The van der Waals surface area contributed by atoms with Gasteiger partial charge in [0.2, 0.25) is 0 Å². The third-order valence-electron chi connectivity index (χ3n) is 4.27. The summed E-state index contributed by atoms with van der Waals surface area (Å²) in [6.07, 6.45) is 7.14. The Balaban J connectivity index is 2.65. The zero-order valence-electron chi connectivity index (χ0n) is 14.0. The molecule has 1 aliphatic rings. The molecule has 2 heteroatoms. The number of nitrogens with zero attached hydrogens (tertiary/aromatic N) is 1. The van der Waals surface area contributed by atoms with Gasteiger partial charge in [0, 0.05) is 26.2 Å². The molecule has 1 rings (SSSR count). The van der Waals surface area contributed by atoms with Crippen molar-refractivity contribution in [2.75, 3.05) is 33.2 Å². The quantitative estimate of drug-likeness (QED) is 0.721. The van der Waals surface area contributed by atoms with E-state index in [1.165, 1.54) is 58.3 Å². The van der Waals surface area contributed by atoms with E-state index in [4.69, 9.17) is 0 Å². The van der Waals surface area contributed by atoms with E-state index in [0.29, 0.717) is 5.41 Å². The largest absolute Gasteiger partial charge is 0.319 e. The van der Waals surface area contributed by atoms with Gasteiger partial charge < -0.3 is 10.2 Å². The van der Waals surface area contributed by atoms with Crippen LogP contribution in [-0.2, 0) is 0 Å². The highest BCUT2D eigenvalue weighted by Crippen LogP contribution is 2.36. The number of hydrogen-bond donors (Lipinski definition) is 1. The minimum Gasteiger partial charge on any atom is -0.319 e. The minimum absolute atomic E-state index is 0.538. The van der Waals surface area contributed by atoms with E-state index < -0.39 is 0 Å². The lowest BCUT2D eigenvalue weighted by molar-refractivity contribution is 0.0887. The van der Waals surface area contributed by atoms with Crippen molar-refractivity contribution in [1.82, 2.24) is 10.2 Å². The molecule has 0 aromatic heterocycles. The first-order valence-corrected chi connectivity index (χ1v) is 8.34. The van der Waals surface area contributed by atoms with Crippen LogP contribution in [-0.4, -0.2) is 38.1 Å². The Kier molecular flexibility index (Phi) is 7.38. The van der Waals surface area contributed by atoms with E-state index in [2.05, 4.69) is 45.0 Å². The highest BCUT2D eigenvalue weighted by molar-refractivity contribution is 4.88. The molecule has 0 aliphatic heterocycles. The van der Waals surface area contributed by atoms with E-state index >= 15 is 0 Å². The van der Waals surface area contributed by atoms with Gasteiger partial charge in [0.05, 0.1) is 0 Å². The van der Waals surface area contributed by atoms with Crippen LogP contribution in [0.3, 0.4) is 0 Å². The molecule has 114 valence electrons. The highest BCUT2D eigenvalue weighted by atomic mass is 15.1. The van der Waals surface area contributed by atoms with E-state index in [-0.39, 0.29) is 0 Å². The molecule has 1 aliphatic carbocycles. The normalized spacial score (nSPS) is 19.6. The predicted molar refractivity (Wildman–Crippen MR) is 85.6 cm³/mol. The first kappa shape index (κ1) is 17.0. The second-order valence-electron chi connectivity index (χ2n) is 7.57. The molecule has 2 nitrogen and oxygen atoms in total. The maximum Gasteiger partial charge on any atom is 0.00504 e. The van der Waals surface area contributed by atoms with Crippen molar-refractivity contribution in [3.05, 3.63) is 0 Å². The van der Waals surface area contributed by atoms with Crippen LogP contribution >= 0.6 is 0 Å². The van der Waals surface area contributed by atoms with Gasteiger partial charge in [-0.3, -0.25) is 0 Å². The van der Waals surface area contributed by atoms with Crippen molar-refractivity contribution >= 4 is 0 Å². The van der Waals surface area contributed by atoms with Gasteiger partial charge in [0.1, 0.15) is 0 Å². The second-order valence-corrected chi connectivity index (χ2v) is 7.57. The maximum atomic E-state index is 3.46. The SMILES string of the molecule is CNCC1(CN(CC(C)C)CC(C)C)CCCCC1. The van der Waals surface area contributed by atoms with Crippen LogP contribution in [0.1, 0.15) is 59.8 Å². The van der Waals surface area contributed by atoms with Crippen LogP contribution in [0.5, 0.6) is 0 Å². The summed E-state index contributed by atoms with van der Waals surface area (Å²) in [6.45, 7) is 14.4. The Bertz CT molecular complexity index is 214. The summed E-state index contributed by atoms with van der Waals surface area (Å²) >= 11 is 0. The Hall–Kier alpha value is -0.0800. The van der Waals surface area contributed by atoms with Gasteiger partial charge in [-0.1, -0.05) is 47.0 Å². The molecule has 0 saturated heterocycles. The molecule has 0 radical (unpaired) electrons. The fourth-order valence-corrected chi connectivity index (χ4v) is 3.78. The Labute approximate surface area is 121 Å². The van der Waals surface area contributed by atoms with Gasteiger partial charge in [0.25, 0.3) is 0 Å². The topological polar surface area (TPSA) is 15.3 Å². The summed E-state index contributed by atoms with van der Waals surface area (Å²) in [7, 11) is 2.12. The first-order chi connectivity index (χ1) is 8.97. The lowest BCUT2D eigenvalue weighted by Crippen LogP contribution is -2.46. The first-order valence-electron chi connectivity index (χ1n) is 8.34. The minimum atomic E-state index is 0.538. The lowest BCUT2D eigenvalue weighted by atomic mass is 9.73. The van der Waals surface area contributed by atoms with Crippen molar-refractivity contribution in [3.8, 4) is 0 Å². The molecular weight excluding hydrogens is 232 g/mol. The molecule has 1 saturated carbocycles. The molecule has 0 aromatic rings. The predicted octanol–water partition coefficient (Wildman–Crippen LogP) is 3.77. The van der Waals surface area contributed by atoms with Gasteiger partial charge in [-0.25, -0.2) is 0 Å². The molecule has 0 amide bonds. The van der Waals surface area contributed by atoms with E-state index in [1.807, 2.05) is 0 Å². The van der Waals surface area contributed by atoms with Gasteiger partial charge >= 0.3 is 0 Å². The zero-order chi connectivity index (χ0) is 14.3. The third kappa shape index (κ3) is 6.27. The maximum absolute atomic E-state index is 3.46. The summed E-state index contributed by atoms with van der Waals surface area (Å²) in [5.41, 5.74) is 0.538. The molecule has 1 fully saturated rings. The van der Waals surface area contributed by atoms with Crippen molar-refractivity contribution in [2.24, 2.45) is 17.3 Å². The molecule has 0 bridgehead atoms. The Morgan fingerprint density at radius 1 is 0.947 bits per heavy atom. The zero-order valence-corrected chi connectivity index (χ0v) is 14.0. The smallest absolute Gasteiger partial charge is 0.00504 e. The Morgan fingerprint density at radius 2 is 1.47 bits per heavy atom. The third-order valence-corrected chi connectivity index (χ3v) is 4.27. The molecule has 0 heterocycles. The van der Waals surface area contributed by atoms with Crippen LogP contribution in [0.4, 0.5) is 0 Å². The number of nitrogens with one attached hydrogen (secondary N) is 1. The average Bonchev–Trinajstić information content (AvgIpc) is 2.28. The van der Waals surface area contributed by atoms with Gasteiger partial charge in [-0.05, 0) is 37.1 Å². The summed E-state index contributed by atoms with van der Waals surface area (Å²) in [5, 5.41) is 3.46. The average molecular weight is 268 g/mol. The van der Waals surface area contributed by atoms with Crippen LogP contribution in [0.2, 0.25) is 0 Å². The summed E-state index contributed by atoms with van der Waals surface area (Å²) in [5.74, 6) is 1.54. The van der Waals surface area contributed by atoms with E-state index in [0.717, 1.165) is 11.8 Å². The van der Waals surface area contributed by atoms with Crippen molar-refractivity contribution in [2.45, 2.75) is 59.8 Å². The summed E-state index contributed by atoms with van der Waals surface area (Å²) in [4.78, 5) is 2.73. The van der Waals surface area contributed by atoms with Crippen LogP contribution in [0.25, 0.3) is 0 Å². The molecule has 0 unspecified atom stereocenters. The van der Waals surface area contributed by atoms with E-state index in [9.17, 15) is 0 Å². The lowest BCUT2D eigenvalue weighted by Gasteiger charge is -2.42. The monoisotopic (exact) mass is 268 g/mol. The van der Waals surface area contributed by atoms with Crippen molar-refractivity contribution < 1.29 is 0 Å². The molecular formula is C17H36N2. The van der Waals surface area contributed by atoms with Gasteiger partial charge in [0.15, 0.2) is 0 Å². The molecule has 0 atom stereocenters. The van der Waals surface area contributed by atoms with E-state index in [1.54, 1.807) is 0 Å². The highest BCUT2D eigenvalue weighted by Gasteiger charge is 2.33. The van der Waals surface area contributed by atoms with Crippen LogP contribution < -0.4 is 5.32 Å². The van der Waals surface area contributed by atoms with Crippen molar-refractivity contribution in [3.63, 3.8) is 0 Å². The van der Waals surface area contributed by atoms with Crippen LogP contribution in [0.15, 0.2) is 0 Å². The van der Waals surface area contributed by atoms with Gasteiger partial charge in [-0.15, -0.1) is 0 Å². The Morgan fingerprint density at radius 3 is 1.89 bits per heavy atom. The van der Waals surface area contributed by atoms with Crippen molar-refractivity contribution in [1.29, 1.82) is 0 Å². The molecule has 0 spiro atoms. The fourth-order valence-electron chi connectivity index (χ4n) is 3.78. The molecule has 0 aromatic carbocycles. The number of rotatable bonds is 8. The van der Waals surface area contributed by atoms with Crippen LogP contribution in [0, 0.1) is 17.3 Å². The number of hydrogen-bond acceptors (Lipinski definition) is 2. The summed E-state index contributed by atoms with van der Waals surface area (Å²) in [6, 6.07) is 0. The molecule has 19 heavy (non-hydrogen) atoms. The van der Waals surface area contributed by atoms with Gasteiger partial charge in [-0.2, -0.15) is 0 Å². The summed E-state index contributed by atoms with van der Waals surface area (Å²) < 4.78 is 0.